The van der Waals surface area contributed by atoms with Crippen LogP contribution in [0.4, 0.5) is 5.69 Å². The molecule has 1 aliphatic carbocycles. The lowest BCUT2D eigenvalue weighted by Crippen LogP contribution is -2.48. The first-order valence-electron chi connectivity index (χ1n) is 10.4. The molecule has 3 N–H and O–H groups in total. The molecule has 0 atom stereocenters. The quantitative estimate of drug-likeness (QED) is 0.462. The lowest BCUT2D eigenvalue weighted by atomic mass is 9.78. The summed E-state index contributed by atoms with van der Waals surface area (Å²) in [5.74, 6) is 1.28. The van der Waals surface area contributed by atoms with Crippen molar-refractivity contribution in [1.29, 1.82) is 5.41 Å². The molecule has 2 fully saturated rings. The van der Waals surface area contributed by atoms with Crippen molar-refractivity contribution < 1.29 is 0 Å². The number of aryl methyl sites for hydroxylation is 1. The number of piperazine rings is 1. The van der Waals surface area contributed by atoms with Crippen molar-refractivity contribution in [3.63, 3.8) is 0 Å². The number of benzene rings is 1. The van der Waals surface area contributed by atoms with E-state index in [0.717, 1.165) is 55.7 Å². The number of H-pyrrole nitrogens is 1. The minimum Gasteiger partial charge on any atom is -0.368 e. The topological polar surface area (TPSA) is 58.2 Å². The van der Waals surface area contributed by atoms with Crippen LogP contribution in [-0.4, -0.2) is 54.5 Å². The first-order valence-corrected chi connectivity index (χ1v) is 11.2. The van der Waals surface area contributed by atoms with Gasteiger partial charge < -0.3 is 15.2 Å². The van der Waals surface area contributed by atoms with Gasteiger partial charge in [-0.15, -0.1) is 0 Å². The molecule has 2 heterocycles. The van der Waals surface area contributed by atoms with Crippen LogP contribution in [0.15, 0.2) is 30.3 Å². The Bertz CT molecular complexity index is 851. The lowest BCUT2D eigenvalue weighted by molar-refractivity contribution is 0.181. The Labute approximate surface area is 182 Å². The molecule has 0 bridgehead atoms. The number of halogens is 2. The van der Waals surface area contributed by atoms with Gasteiger partial charge >= 0.3 is 0 Å². The lowest BCUT2D eigenvalue weighted by Gasteiger charge is -2.40. The molecule has 4 rings (SSSR count). The molecule has 5 nitrogen and oxygen atoms in total. The van der Waals surface area contributed by atoms with Crippen LogP contribution >= 0.6 is 23.2 Å². The zero-order valence-corrected chi connectivity index (χ0v) is 18.4. The molecule has 0 radical (unpaired) electrons. The molecule has 0 spiro atoms. The Morgan fingerprint density at radius 1 is 1.14 bits per heavy atom. The number of amidine groups is 1. The summed E-state index contributed by atoms with van der Waals surface area (Å²) >= 11 is 12.5. The summed E-state index contributed by atoms with van der Waals surface area (Å²) in [4.78, 5) is 8.11. The third kappa shape index (κ3) is 4.90. The Balaban J connectivity index is 1.15. The molecule has 1 aromatic carbocycles. The summed E-state index contributed by atoms with van der Waals surface area (Å²) in [6.07, 6.45) is 3.57. The van der Waals surface area contributed by atoms with Crippen LogP contribution in [0.25, 0.3) is 0 Å². The molecular weight excluding hydrogens is 405 g/mol. The fourth-order valence-corrected chi connectivity index (χ4v) is 4.75. The minimum absolute atomic E-state index is 0.443. The molecule has 7 heteroatoms. The average Bonchev–Trinajstić information content (AvgIpc) is 3.12. The Morgan fingerprint density at radius 2 is 1.90 bits per heavy atom. The van der Waals surface area contributed by atoms with Crippen LogP contribution in [-0.2, 0) is 0 Å². The second kappa shape index (κ2) is 8.99. The normalized spacial score (nSPS) is 22.4. The third-order valence-corrected chi connectivity index (χ3v) is 6.99. The summed E-state index contributed by atoms with van der Waals surface area (Å²) < 4.78 is 0. The number of aromatic nitrogens is 1. The van der Waals surface area contributed by atoms with Gasteiger partial charge in [0.05, 0.1) is 21.4 Å². The van der Waals surface area contributed by atoms with Gasteiger partial charge in [-0.3, -0.25) is 10.3 Å². The predicted molar refractivity (Wildman–Crippen MR) is 122 cm³/mol. The van der Waals surface area contributed by atoms with Crippen LogP contribution in [0.2, 0.25) is 10.0 Å². The summed E-state index contributed by atoms with van der Waals surface area (Å²) in [5.41, 5.74) is 3.02. The van der Waals surface area contributed by atoms with Gasteiger partial charge in [-0.25, -0.2) is 0 Å². The van der Waals surface area contributed by atoms with Crippen molar-refractivity contribution >= 4 is 34.7 Å². The molecule has 1 aliphatic heterocycles. The van der Waals surface area contributed by atoms with E-state index in [4.69, 9.17) is 28.6 Å². The van der Waals surface area contributed by atoms with Crippen molar-refractivity contribution in [2.75, 3.05) is 37.6 Å². The van der Waals surface area contributed by atoms with Gasteiger partial charge in [0.1, 0.15) is 5.84 Å². The highest BCUT2D eigenvalue weighted by Crippen LogP contribution is 2.33. The molecule has 1 aromatic heterocycles. The summed E-state index contributed by atoms with van der Waals surface area (Å²) in [6, 6.07) is 10.3. The number of nitrogens with zero attached hydrogens (tertiary/aromatic N) is 2. The van der Waals surface area contributed by atoms with Gasteiger partial charge in [0.25, 0.3) is 0 Å². The van der Waals surface area contributed by atoms with E-state index in [-0.39, 0.29) is 0 Å². The van der Waals surface area contributed by atoms with Crippen molar-refractivity contribution in [2.24, 2.45) is 5.92 Å². The van der Waals surface area contributed by atoms with E-state index in [1.54, 1.807) is 0 Å². The maximum absolute atomic E-state index is 8.18. The molecule has 2 aliphatic rings. The van der Waals surface area contributed by atoms with Crippen molar-refractivity contribution in [2.45, 2.75) is 32.2 Å². The van der Waals surface area contributed by atoms with Crippen LogP contribution in [0, 0.1) is 18.3 Å². The van der Waals surface area contributed by atoms with Crippen LogP contribution < -0.4 is 10.2 Å². The highest BCUT2D eigenvalue weighted by Gasteiger charge is 2.30. The second-order valence-electron chi connectivity index (χ2n) is 8.30. The Kier molecular flexibility index (Phi) is 6.38. The molecule has 156 valence electrons. The number of hydrogen-bond donors (Lipinski definition) is 3. The fourth-order valence-electron chi connectivity index (χ4n) is 4.34. The minimum atomic E-state index is 0.443. The monoisotopic (exact) mass is 433 g/mol. The fraction of sp³-hybridized carbons (Fsp3) is 0.500. The summed E-state index contributed by atoms with van der Waals surface area (Å²) in [6.45, 7) is 7.27. The van der Waals surface area contributed by atoms with Crippen LogP contribution in [0.1, 0.15) is 30.7 Å². The van der Waals surface area contributed by atoms with Gasteiger partial charge in [0.2, 0.25) is 0 Å². The maximum Gasteiger partial charge on any atom is 0.142 e. The first kappa shape index (κ1) is 20.6. The van der Waals surface area contributed by atoms with Crippen molar-refractivity contribution in [3.05, 3.63) is 51.8 Å². The summed E-state index contributed by atoms with van der Waals surface area (Å²) in [5, 5.41) is 12.8. The SMILES string of the molecule is Cc1ccc(C(=N)NC2CC(CCN3CCN(c4cccc(Cl)c4Cl)CC3)C2)[nH]1. The van der Waals surface area contributed by atoms with E-state index in [0.29, 0.717) is 21.9 Å². The standard InChI is InChI=1S/C22H29Cl2N5/c1-15-5-6-19(26-15)22(25)27-17-13-16(14-17)7-8-28-9-11-29(12-10-28)20-4-2-3-18(23)21(20)24/h2-6,16-17,26H,7-14H2,1H3,(H2,25,27). The largest absolute Gasteiger partial charge is 0.368 e. The Morgan fingerprint density at radius 3 is 2.59 bits per heavy atom. The number of anilines is 1. The van der Waals surface area contributed by atoms with E-state index >= 15 is 0 Å². The van der Waals surface area contributed by atoms with Crippen molar-refractivity contribution in [3.8, 4) is 0 Å². The zero-order valence-electron chi connectivity index (χ0n) is 16.8. The van der Waals surface area contributed by atoms with E-state index in [2.05, 4.69) is 26.2 Å². The molecule has 2 aromatic rings. The Hall–Kier alpha value is -1.69. The summed E-state index contributed by atoms with van der Waals surface area (Å²) in [7, 11) is 0. The van der Waals surface area contributed by atoms with E-state index < -0.39 is 0 Å². The molecule has 1 saturated heterocycles. The molecule has 1 saturated carbocycles. The molecule has 29 heavy (non-hydrogen) atoms. The molecule has 0 amide bonds. The van der Waals surface area contributed by atoms with Gasteiger partial charge in [-0.05, 0) is 62.9 Å². The zero-order chi connectivity index (χ0) is 20.4. The number of rotatable bonds is 6. The van der Waals surface area contributed by atoms with Gasteiger partial charge in [-0.1, -0.05) is 29.3 Å². The van der Waals surface area contributed by atoms with Gasteiger partial charge in [0.15, 0.2) is 0 Å². The number of nitrogens with one attached hydrogen (secondary N) is 3. The number of aromatic amines is 1. The van der Waals surface area contributed by atoms with E-state index in [1.165, 1.54) is 19.3 Å². The van der Waals surface area contributed by atoms with Gasteiger partial charge in [-0.2, -0.15) is 0 Å². The third-order valence-electron chi connectivity index (χ3n) is 6.18. The molecular formula is C22H29Cl2N5. The molecule has 0 unspecified atom stereocenters. The highest BCUT2D eigenvalue weighted by molar-refractivity contribution is 6.43. The van der Waals surface area contributed by atoms with Crippen molar-refractivity contribution in [1.82, 2.24) is 15.2 Å². The highest BCUT2D eigenvalue weighted by atomic mass is 35.5. The van der Waals surface area contributed by atoms with Crippen LogP contribution in [0.5, 0.6) is 0 Å². The van der Waals surface area contributed by atoms with E-state index in [9.17, 15) is 0 Å². The first-order chi connectivity index (χ1) is 14.0. The number of hydrogen-bond acceptors (Lipinski definition) is 3. The van der Waals surface area contributed by atoms with E-state index in [1.807, 2.05) is 31.2 Å². The van der Waals surface area contributed by atoms with Crippen LogP contribution in [0.3, 0.4) is 0 Å². The second-order valence-corrected chi connectivity index (χ2v) is 9.08. The smallest absolute Gasteiger partial charge is 0.142 e. The average molecular weight is 434 g/mol. The predicted octanol–water partition coefficient (Wildman–Crippen LogP) is 4.54. The maximum atomic E-state index is 8.18. The van der Waals surface area contributed by atoms with Gasteiger partial charge in [0, 0.05) is 37.9 Å².